The molecular weight excluding hydrogens is 280 g/mol. The number of para-hydroxylation sites is 1. The third-order valence-corrected chi connectivity index (χ3v) is 3.09. The highest BCUT2D eigenvalue weighted by Gasteiger charge is 2.19. The van der Waals surface area contributed by atoms with Crippen molar-refractivity contribution in [3.8, 4) is 5.75 Å². The molecule has 0 spiro atoms. The minimum absolute atomic E-state index is 0.333. The molecule has 0 fully saturated rings. The van der Waals surface area contributed by atoms with E-state index in [1.807, 2.05) is 54.6 Å². The Kier molecular flexibility index (Phi) is 5.68. The number of benzene rings is 2. The van der Waals surface area contributed by atoms with Crippen LogP contribution in [0.2, 0.25) is 0 Å². The average Bonchev–Trinajstić information content (AvgIpc) is 2.57. The van der Waals surface area contributed by atoms with E-state index in [2.05, 4.69) is 10.5 Å². The van der Waals surface area contributed by atoms with Crippen LogP contribution in [0.1, 0.15) is 17.2 Å². The lowest BCUT2D eigenvalue weighted by Gasteiger charge is -2.13. The Bertz CT molecular complexity index is 641. The lowest BCUT2D eigenvalue weighted by atomic mass is 10.1. The van der Waals surface area contributed by atoms with Gasteiger partial charge in [0.25, 0.3) is 5.91 Å². The van der Waals surface area contributed by atoms with Crippen molar-refractivity contribution in [1.29, 1.82) is 0 Å². The molecule has 1 N–H and O–H groups in total. The van der Waals surface area contributed by atoms with Crippen LogP contribution < -0.4 is 10.2 Å². The van der Waals surface area contributed by atoms with Gasteiger partial charge in [-0.05, 0) is 17.7 Å². The topological polar surface area (TPSA) is 59.9 Å². The standard InChI is InChI=1S/C17H18N2O3/c1-21-15-11-7-6-10-14(15)12-18-19-17(20)16(22-2)13-8-4-3-5-9-13/h3-12,16H,1-2H3,(H,19,20)/b18-12-/t16-/m0/s1. The fraction of sp³-hybridized carbons (Fsp3) is 0.176. The van der Waals surface area contributed by atoms with Crippen molar-refractivity contribution in [2.24, 2.45) is 5.10 Å². The van der Waals surface area contributed by atoms with Gasteiger partial charge >= 0.3 is 0 Å². The third kappa shape index (κ3) is 3.93. The molecule has 0 unspecified atom stereocenters. The summed E-state index contributed by atoms with van der Waals surface area (Å²) in [5.74, 6) is 0.353. The van der Waals surface area contributed by atoms with Crippen molar-refractivity contribution in [3.05, 3.63) is 65.7 Å². The number of hydrogen-bond donors (Lipinski definition) is 1. The van der Waals surface area contributed by atoms with Crippen LogP contribution in [0.4, 0.5) is 0 Å². The summed E-state index contributed by atoms with van der Waals surface area (Å²) in [6.45, 7) is 0. The van der Waals surface area contributed by atoms with Gasteiger partial charge in [-0.1, -0.05) is 42.5 Å². The zero-order valence-corrected chi connectivity index (χ0v) is 12.5. The predicted molar refractivity (Wildman–Crippen MR) is 84.9 cm³/mol. The minimum Gasteiger partial charge on any atom is -0.496 e. The molecule has 5 heteroatoms. The highest BCUT2D eigenvalue weighted by Crippen LogP contribution is 2.16. The molecule has 0 aliphatic carbocycles. The number of methoxy groups -OCH3 is 2. The summed E-state index contributed by atoms with van der Waals surface area (Å²) in [6, 6.07) is 16.7. The van der Waals surface area contributed by atoms with Crippen molar-refractivity contribution in [2.45, 2.75) is 6.10 Å². The summed E-state index contributed by atoms with van der Waals surface area (Å²) in [7, 11) is 3.07. The number of nitrogens with one attached hydrogen (secondary N) is 1. The van der Waals surface area contributed by atoms with Crippen LogP contribution in [0.5, 0.6) is 5.75 Å². The molecule has 0 aliphatic heterocycles. The normalized spacial score (nSPS) is 12.1. The molecule has 2 aromatic rings. The van der Waals surface area contributed by atoms with Gasteiger partial charge in [0.1, 0.15) is 5.75 Å². The van der Waals surface area contributed by atoms with Gasteiger partial charge in [-0.25, -0.2) is 5.43 Å². The Morgan fingerprint density at radius 1 is 1.09 bits per heavy atom. The van der Waals surface area contributed by atoms with E-state index in [1.54, 1.807) is 7.11 Å². The molecule has 114 valence electrons. The number of rotatable bonds is 6. The van der Waals surface area contributed by atoms with Gasteiger partial charge in [0.15, 0.2) is 6.10 Å². The van der Waals surface area contributed by atoms with Crippen LogP contribution in [0, 0.1) is 0 Å². The molecule has 1 amide bonds. The van der Waals surface area contributed by atoms with Crippen molar-refractivity contribution < 1.29 is 14.3 Å². The number of nitrogens with zero attached hydrogens (tertiary/aromatic N) is 1. The molecule has 0 heterocycles. The number of hydrogen-bond acceptors (Lipinski definition) is 4. The van der Waals surface area contributed by atoms with Crippen molar-refractivity contribution in [3.63, 3.8) is 0 Å². The van der Waals surface area contributed by atoms with Crippen molar-refractivity contribution >= 4 is 12.1 Å². The number of carbonyl (C=O) groups is 1. The second-order valence-electron chi connectivity index (χ2n) is 4.50. The van der Waals surface area contributed by atoms with E-state index < -0.39 is 6.10 Å². The smallest absolute Gasteiger partial charge is 0.273 e. The fourth-order valence-corrected chi connectivity index (χ4v) is 2.02. The first-order valence-electron chi connectivity index (χ1n) is 6.80. The molecule has 0 aliphatic rings. The van der Waals surface area contributed by atoms with Gasteiger partial charge in [0, 0.05) is 12.7 Å². The molecule has 0 saturated heterocycles. The quantitative estimate of drug-likeness (QED) is 0.658. The van der Waals surface area contributed by atoms with Gasteiger partial charge in [-0.3, -0.25) is 4.79 Å². The molecule has 0 aromatic heterocycles. The van der Waals surface area contributed by atoms with Gasteiger partial charge in [-0.2, -0.15) is 5.10 Å². The molecule has 2 rings (SSSR count). The lowest BCUT2D eigenvalue weighted by Crippen LogP contribution is -2.26. The summed E-state index contributed by atoms with van der Waals surface area (Å²) < 4.78 is 10.4. The maximum absolute atomic E-state index is 12.1. The second kappa shape index (κ2) is 7.95. The van der Waals surface area contributed by atoms with E-state index in [0.29, 0.717) is 5.75 Å². The van der Waals surface area contributed by atoms with E-state index in [0.717, 1.165) is 11.1 Å². The Balaban J connectivity index is 2.04. The van der Waals surface area contributed by atoms with Gasteiger partial charge in [0.05, 0.1) is 13.3 Å². The number of amides is 1. The minimum atomic E-state index is -0.698. The van der Waals surface area contributed by atoms with Crippen LogP contribution in [-0.4, -0.2) is 26.3 Å². The number of ether oxygens (including phenoxy) is 2. The molecule has 22 heavy (non-hydrogen) atoms. The summed E-state index contributed by atoms with van der Waals surface area (Å²) in [6.07, 6.45) is 0.838. The molecule has 2 aromatic carbocycles. The molecular formula is C17H18N2O3. The van der Waals surface area contributed by atoms with Crippen LogP contribution in [0.15, 0.2) is 59.7 Å². The SMILES string of the molecule is COc1ccccc1/C=N\NC(=O)[C@@H](OC)c1ccccc1. The Morgan fingerprint density at radius 3 is 2.45 bits per heavy atom. The van der Waals surface area contributed by atoms with E-state index in [4.69, 9.17) is 9.47 Å². The molecule has 0 bridgehead atoms. The van der Waals surface area contributed by atoms with Crippen LogP contribution in [0.25, 0.3) is 0 Å². The first-order valence-corrected chi connectivity index (χ1v) is 6.80. The summed E-state index contributed by atoms with van der Waals surface area (Å²) in [5.41, 5.74) is 4.03. The van der Waals surface area contributed by atoms with Gasteiger partial charge < -0.3 is 9.47 Å². The highest BCUT2D eigenvalue weighted by molar-refractivity contribution is 5.86. The van der Waals surface area contributed by atoms with Crippen LogP contribution in [0.3, 0.4) is 0 Å². The lowest BCUT2D eigenvalue weighted by molar-refractivity contribution is -0.131. The fourth-order valence-electron chi connectivity index (χ4n) is 2.02. The second-order valence-corrected chi connectivity index (χ2v) is 4.50. The van der Waals surface area contributed by atoms with Crippen molar-refractivity contribution in [1.82, 2.24) is 5.43 Å². The van der Waals surface area contributed by atoms with Crippen LogP contribution in [-0.2, 0) is 9.53 Å². The zero-order chi connectivity index (χ0) is 15.8. The highest BCUT2D eigenvalue weighted by atomic mass is 16.5. The van der Waals surface area contributed by atoms with E-state index >= 15 is 0 Å². The summed E-state index contributed by atoms with van der Waals surface area (Å²) in [4.78, 5) is 12.1. The molecule has 1 atom stereocenters. The number of hydrazone groups is 1. The first-order chi connectivity index (χ1) is 10.8. The third-order valence-electron chi connectivity index (χ3n) is 3.09. The predicted octanol–water partition coefficient (Wildman–Crippen LogP) is 2.53. The molecule has 5 nitrogen and oxygen atoms in total. The Morgan fingerprint density at radius 2 is 1.77 bits per heavy atom. The monoisotopic (exact) mass is 298 g/mol. The first kappa shape index (κ1) is 15.7. The zero-order valence-electron chi connectivity index (χ0n) is 12.5. The molecule has 0 radical (unpaired) electrons. The largest absolute Gasteiger partial charge is 0.496 e. The maximum atomic E-state index is 12.1. The summed E-state index contributed by atoms with van der Waals surface area (Å²) in [5, 5.41) is 3.96. The van der Waals surface area contributed by atoms with Gasteiger partial charge in [-0.15, -0.1) is 0 Å². The van der Waals surface area contributed by atoms with Crippen molar-refractivity contribution in [2.75, 3.05) is 14.2 Å². The van der Waals surface area contributed by atoms with Gasteiger partial charge in [0.2, 0.25) is 0 Å². The maximum Gasteiger partial charge on any atom is 0.273 e. The molecule has 0 saturated carbocycles. The van der Waals surface area contributed by atoms with E-state index in [-0.39, 0.29) is 5.91 Å². The van der Waals surface area contributed by atoms with Crippen LogP contribution >= 0.6 is 0 Å². The Hall–Kier alpha value is -2.66. The van der Waals surface area contributed by atoms with E-state index in [1.165, 1.54) is 13.3 Å². The average molecular weight is 298 g/mol. The van der Waals surface area contributed by atoms with E-state index in [9.17, 15) is 4.79 Å². The number of carbonyl (C=O) groups excluding carboxylic acids is 1. The Labute approximate surface area is 129 Å². The summed E-state index contributed by atoms with van der Waals surface area (Å²) >= 11 is 0.